The molecule has 0 atom stereocenters. The number of ether oxygens (including phenoxy) is 1. The van der Waals surface area contributed by atoms with E-state index in [1.54, 1.807) is 0 Å². The summed E-state index contributed by atoms with van der Waals surface area (Å²) in [6, 6.07) is 10.1. The smallest absolute Gasteiger partial charge is 0.324 e. The highest BCUT2D eigenvalue weighted by Crippen LogP contribution is 2.37. The van der Waals surface area contributed by atoms with Gasteiger partial charge in [0.25, 0.3) is 0 Å². The van der Waals surface area contributed by atoms with E-state index in [2.05, 4.69) is 63.0 Å². The third-order valence-corrected chi connectivity index (χ3v) is 10.2. The Balaban J connectivity index is 0.899. The zero-order chi connectivity index (χ0) is 28.2. The highest BCUT2D eigenvalue weighted by Gasteiger charge is 2.33. The number of likely N-dealkylation sites (tertiary alicyclic amines) is 2. The predicted molar refractivity (Wildman–Crippen MR) is 160 cm³/mol. The molecule has 1 aromatic carbocycles. The highest BCUT2D eigenvalue weighted by molar-refractivity contribution is 5.79. The normalized spacial score (nSPS) is 25.2. The molecule has 0 N–H and O–H groups in total. The molecule has 4 aliphatic rings. The largest absolute Gasteiger partial charge is 0.493 e. The lowest BCUT2D eigenvalue weighted by Crippen LogP contribution is -2.47. The van der Waals surface area contributed by atoms with Gasteiger partial charge in [-0.25, -0.2) is 0 Å². The minimum absolute atomic E-state index is 0.223. The van der Waals surface area contributed by atoms with Gasteiger partial charge in [0.2, 0.25) is 5.91 Å². The molecule has 1 aromatic heterocycles. The molecule has 0 unspecified atom stereocenters. The van der Waals surface area contributed by atoms with Crippen molar-refractivity contribution in [3.63, 3.8) is 0 Å². The number of piperidine rings is 2. The Morgan fingerprint density at radius 2 is 1.59 bits per heavy atom. The number of aromatic nitrogens is 2. The third kappa shape index (κ3) is 6.90. The van der Waals surface area contributed by atoms with Gasteiger partial charge in [0.1, 0.15) is 5.75 Å². The van der Waals surface area contributed by atoms with Crippen LogP contribution in [0.4, 0.5) is 6.01 Å². The second kappa shape index (κ2) is 13.1. The van der Waals surface area contributed by atoms with Crippen LogP contribution in [0.25, 0.3) is 0 Å². The van der Waals surface area contributed by atoms with Crippen LogP contribution < -0.4 is 9.64 Å². The van der Waals surface area contributed by atoms with Crippen LogP contribution in [0.2, 0.25) is 0 Å². The Morgan fingerprint density at radius 3 is 2.22 bits per heavy atom. The molecule has 0 radical (unpaired) electrons. The lowest BCUT2D eigenvalue weighted by Gasteiger charge is -2.39. The van der Waals surface area contributed by atoms with E-state index in [1.165, 1.54) is 31.5 Å². The summed E-state index contributed by atoms with van der Waals surface area (Å²) in [5, 5.41) is 4.10. The van der Waals surface area contributed by atoms with Crippen molar-refractivity contribution in [2.24, 2.45) is 11.8 Å². The second-order valence-electron chi connectivity index (χ2n) is 13.2. The number of benzene rings is 1. The van der Waals surface area contributed by atoms with E-state index in [-0.39, 0.29) is 11.8 Å². The van der Waals surface area contributed by atoms with Gasteiger partial charge >= 0.3 is 6.01 Å². The van der Waals surface area contributed by atoms with E-state index in [1.807, 2.05) is 0 Å². The van der Waals surface area contributed by atoms with Gasteiger partial charge in [-0.3, -0.25) is 4.79 Å². The molecule has 0 bridgehead atoms. The van der Waals surface area contributed by atoms with Crippen molar-refractivity contribution >= 4 is 11.9 Å². The Bertz CT molecular complexity index is 1100. The number of hydrogen-bond donors (Lipinski definition) is 0. The molecule has 8 heteroatoms. The van der Waals surface area contributed by atoms with Gasteiger partial charge in [-0.2, -0.15) is 4.98 Å². The molecular formula is C33H49N5O3. The number of nitrogens with zero attached hydrogens (tertiary/aromatic N) is 5. The Kier molecular flexibility index (Phi) is 9.13. The Hall–Kier alpha value is -2.61. The molecule has 3 aliphatic heterocycles. The van der Waals surface area contributed by atoms with Gasteiger partial charge < -0.3 is 24.0 Å². The summed E-state index contributed by atoms with van der Waals surface area (Å²) in [7, 11) is 0. The van der Waals surface area contributed by atoms with E-state index in [0.717, 1.165) is 95.7 Å². The molecule has 3 saturated heterocycles. The Morgan fingerprint density at radius 1 is 0.902 bits per heavy atom. The van der Waals surface area contributed by atoms with Crippen LogP contribution in [0.3, 0.4) is 0 Å². The van der Waals surface area contributed by atoms with E-state index < -0.39 is 0 Å². The summed E-state index contributed by atoms with van der Waals surface area (Å²) >= 11 is 0. The summed E-state index contributed by atoms with van der Waals surface area (Å²) in [6.07, 6.45) is 11.4. The molecule has 2 aromatic rings. The molecule has 4 fully saturated rings. The molecule has 1 aliphatic carbocycles. The maximum Gasteiger partial charge on any atom is 0.324 e. The van der Waals surface area contributed by atoms with Gasteiger partial charge in [-0.1, -0.05) is 31.1 Å². The van der Waals surface area contributed by atoms with E-state index in [9.17, 15) is 4.79 Å². The number of rotatable bonds is 8. The summed E-state index contributed by atoms with van der Waals surface area (Å²) in [5.41, 5.74) is 1.39. The molecule has 4 heterocycles. The Labute approximate surface area is 245 Å². The molecular weight excluding hydrogens is 514 g/mol. The van der Waals surface area contributed by atoms with Gasteiger partial charge in [-0.05, 0) is 107 Å². The molecule has 6 rings (SSSR count). The molecule has 8 nitrogen and oxygen atoms in total. The van der Waals surface area contributed by atoms with Crippen molar-refractivity contribution in [1.29, 1.82) is 0 Å². The molecule has 224 valence electrons. The quantitative estimate of drug-likeness (QED) is 0.399. The molecule has 1 amide bonds. The van der Waals surface area contributed by atoms with Crippen LogP contribution in [0.1, 0.15) is 101 Å². The van der Waals surface area contributed by atoms with Crippen LogP contribution in [0.15, 0.2) is 28.8 Å². The molecule has 1 saturated carbocycles. The molecule has 41 heavy (non-hydrogen) atoms. The van der Waals surface area contributed by atoms with Gasteiger partial charge in [0, 0.05) is 44.1 Å². The van der Waals surface area contributed by atoms with Crippen molar-refractivity contribution in [1.82, 2.24) is 19.9 Å². The van der Waals surface area contributed by atoms with Gasteiger partial charge in [0.15, 0.2) is 5.82 Å². The van der Waals surface area contributed by atoms with E-state index in [0.29, 0.717) is 29.8 Å². The summed E-state index contributed by atoms with van der Waals surface area (Å²) in [4.78, 5) is 24.9. The minimum Gasteiger partial charge on any atom is -0.493 e. The van der Waals surface area contributed by atoms with Gasteiger partial charge in [0.05, 0.1) is 6.61 Å². The number of hydrogen-bond acceptors (Lipinski definition) is 7. The standard InChI is InChI=1S/C33H49N5O3/c1-24(2)31-34-33(41-35-31)38-19-13-25(14-20-38)23-40-30-11-9-27(10-12-30)26-5-7-28(8-6-26)32(39)37-21-15-29(16-22-37)36-17-3-4-18-36/h9-12,24-26,28-29H,3-8,13-23H2,1-2H3. The monoisotopic (exact) mass is 563 g/mol. The van der Waals surface area contributed by atoms with Crippen LogP contribution in [-0.4, -0.2) is 77.8 Å². The average Bonchev–Trinajstić information content (AvgIpc) is 3.74. The zero-order valence-corrected chi connectivity index (χ0v) is 25.2. The first-order chi connectivity index (χ1) is 20.0. The summed E-state index contributed by atoms with van der Waals surface area (Å²) in [5.74, 6) is 3.75. The lowest BCUT2D eigenvalue weighted by atomic mass is 9.78. The van der Waals surface area contributed by atoms with Crippen LogP contribution >= 0.6 is 0 Å². The highest BCUT2D eigenvalue weighted by atomic mass is 16.5. The maximum atomic E-state index is 13.3. The fourth-order valence-electron chi connectivity index (χ4n) is 7.42. The van der Waals surface area contributed by atoms with Crippen molar-refractivity contribution < 1.29 is 14.1 Å². The van der Waals surface area contributed by atoms with Crippen LogP contribution in [-0.2, 0) is 4.79 Å². The summed E-state index contributed by atoms with van der Waals surface area (Å²) in [6.45, 7) is 11.2. The number of carbonyl (C=O) groups excluding carboxylic acids is 1. The number of amides is 1. The zero-order valence-electron chi connectivity index (χ0n) is 25.2. The minimum atomic E-state index is 0.223. The SMILES string of the molecule is CC(C)c1noc(N2CCC(COc3ccc(C4CCC(C(=O)N5CCC(N6CCCC6)CC5)CC4)cc3)CC2)n1. The number of carbonyl (C=O) groups is 1. The van der Waals surface area contributed by atoms with E-state index in [4.69, 9.17) is 9.26 Å². The van der Waals surface area contributed by atoms with Crippen LogP contribution in [0, 0.1) is 11.8 Å². The van der Waals surface area contributed by atoms with Crippen LogP contribution in [0.5, 0.6) is 5.75 Å². The lowest BCUT2D eigenvalue weighted by molar-refractivity contribution is -0.138. The summed E-state index contributed by atoms with van der Waals surface area (Å²) < 4.78 is 11.7. The van der Waals surface area contributed by atoms with Crippen molar-refractivity contribution in [2.45, 2.75) is 95.9 Å². The first-order valence-corrected chi connectivity index (χ1v) is 16.4. The van der Waals surface area contributed by atoms with Crippen molar-refractivity contribution in [3.8, 4) is 5.75 Å². The van der Waals surface area contributed by atoms with Crippen molar-refractivity contribution in [2.75, 3.05) is 50.8 Å². The topological polar surface area (TPSA) is 74.9 Å². The predicted octanol–water partition coefficient (Wildman–Crippen LogP) is 5.85. The van der Waals surface area contributed by atoms with Gasteiger partial charge in [-0.15, -0.1) is 0 Å². The average molecular weight is 564 g/mol. The third-order valence-electron chi connectivity index (χ3n) is 10.2. The first-order valence-electron chi connectivity index (χ1n) is 16.4. The van der Waals surface area contributed by atoms with E-state index >= 15 is 0 Å². The second-order valence-corrected chi connectivity index (χ2v) is 13.2. The first kappa shape index (κ1) is 28.5. The fourth-order valence-corrected chi connectivity index (χ4v) is 7.42. The number of anilines is 1. The van der Waals surface area contributed by atoms with Crippen molar-refractivity contribution in [3.05, 3.63) is 35.7 Å². The molecule has 0 spiro atoms. The fraction of sp³-hybridized carbons (Fsp3) is 0.727. The maximum absolute atomic E-state index is 13.3.